The van der Waals surface area contributed by atoms with E-state index in [2.05, 4.69) is 12.0 Å². The second-order valence-electron chi connectivity index (χ2n) is 7.83. The first-order valence-corrected chi connectivity index (χ1v) is 9.70. The van der Waals surface area contributed by atoms with Crippen LogP contribution < -0.4 is 4.90 Å². The molecule has 1 amide bonds. The van der Waals surface area contributed by atoms with Gasteiger partial charge in [0.25, 0.3) is 0 Å². The summed E-state index contributed by atoms with van der Waals surface area (Å²) in [5, 5.41) is 14.0. The van der Waals surface area contributed by atoms with Crippen LogP contribution in [0.25, 0.3) is 5.69 Å². The Hall–Kier alpha value is -2.70. The van der Waals surface area contributed by atoms with Crippen LogP contribution in [-0.2, 0) is 4.79 Å². The van der Waals surface area contributed by atoms with Crippen molar-refractivity contribution in [1.29, 1.82) is 0 Å². The fourth-order valence-corrected chi connectivity index (χ4v) is 3.76. The van der Waals surface area contributed by atoms with E-state index in [1.54, 1.807) is 12.1 Å². The number of anilines is 1. The molecule has 3 rings (SSSR count). The number of carboxylic acid groups (broad SMARTS) is 1. The zero-order chi connectivity index (χ0) is 20.4. The van der Waals surface area contributed by atoms with Gasteiger partial charge in [-0.3, -0.25) is 9.69 Å². The first kappa shape index (κ1) is 20.0. The summed E-state index contributed by atoms with van der Waals surface area (Å²) in [6, 6.07) is 5.73. The third-order valence-electron chi connectivity index (χ3n) is 5.37. The van der Waals surface area contributed by atoms with E-state index < -0.39 is 11.8 Å². The number of halogens is 1. The lowest BCUT2D eigenvalue weighted by atomic mass is 9.82. The highest BCUT2D eigenvalue weighted by molar-refractivity contribution is 6.01. The minimum absolute atomic E-state index is 0.0642. The number of carbonyl (C=O) groups is 2. The van der Waals surface area contributed by atoms with Gasteiger partial charge in [-0.25, -0.2) is 13.9 Å². The Morgan fingerprint density at radius 2 is 1.86 bits per heavy atom. The molecule has 28 heavy (non-hydrogen) atoms. The SMILES string of the molecule is CC1CCC(C(=O)N(c2nn(-c3ccccc3F)cc2C(=O)O)C(C)C)CC1. The molecule has 0 saturated heterocycles. The van der Waals surface area contributed by atoms with Gasteiger partial charge in [-0.1, -0.05) is 19.1 Å². The molecule has 6 nitrogen and oxygen atoms in total. The smallest absolute Gasteiger partial charge is 0.341 e. The highest BCUT2D eigenvalue weighted by Gasteiger charge is 2.34. The van der Waals surface area contributed by atoms with Crippen molar-refractivity contribution in [3.8, 4) is 5.69 Å². The Labute approximate surface area is 164 Å². The normalized spacial score (nSPS) is 19.6. The van der Waals surface area contributed by atoms with E-state index in [0.717, 1.165) is 25.7 Å². The molecule has 1 aromatic heterocycles. The van der Waals surface area contributed by atoms with Gasteiger partial charge in [-0.2, -0.15) is 0 Å². The van der Waals surface area contributed by atoms with Crippen molar-refractivity contribution in [2.45, 2.75) is 52.5 Å². The van der Waals surface area contributed by atoms with Crippen molar-refractivity contribution in [2.75, 3.05) is 4.90 Å². The van der Waals surface area contributed by atoms with Gasteiger partial charge >= 0.3 is 5.97 Å². The van der Waals surface area contributed by atoms with Crippen molar-refractivity contribution in [3.63, 3.8) is 0 Å². The molecule has 1 fully saturated rings. The second kappa shape index (κ2) is 8.12. The maximum atomic E-state index is 14.2. The minimum atomic E-state index is -1.20. The zero-order valence-electron chi connectivity index (χ0n) is 16.4. The number of aromatic nitrogens is 2. The Morgan fingerprint density at radius 1 is 1.21 bits per heavy atom. The highest BCUT2D eigenvalue weighted by atomic mass is 19.1. The number of amides is 1. The first-order valence-electron chi connectivity index (χ1n) is 9.70. The summed E-state index contributed by atoms with van der Waals surface area (Å²) in [5.74, 6) is -1.30. The van der Waals surface area contributed by atoms with Crippen LogP contribution in [0.5, 0.6) is 0 Å². The van der Waals surface area contributed by atoms with Crippen molar-refractivity contribution in [3.05, 3.63) is 41.8 Å². The number of para-hydroxylation sites is 1. The van der Waals surface area contributed by atoms with E-state index in [9.17, 15) is 19.1 Å². The third kappa shape index (κ3) is 3.93. The first-order chi connectivity index (χ1) is 13.3. The van der Waals surface area contributed by atoms with Gasteiger partial charge in [0.05, 0.1) is 0 Å². The van der Waals surface area contributed by atoms with Crippen molar-refractivity contribution in [2.24, 2.45) is 11.8 Å². The molecule has 0 atom stereocenters. The molecular weight excluding hydrogens is 361 g/mol. The number of nitrogens with zero attached hydrogens (tertiary/aromatic N) is 3. The molecule has 1 aromatic carbocycles. The van der Waals surface area contributed by atoms with E-state index in [0.29, 0.717) is 5.92 Å². The molecule has 0 radical (unpaired) electrons. The van der Waals surface area contributed by atoms with Crippen molar-refractivity contribution in [1.82, 2.24) is 9.78 Å². The fraction of sp³-hybridized carbons (Fsp3) is 0.476. The van der Waals surface area contributed by atoms with Gasteiger partial charge in [0.2, 0.25) is 5.91 Å². The molecule has 0 bridgehead atoms. The summed E-state index contributed by atoms with van der Waals surface area (Å²) in [7, 11) is 0. The molecular formula is C21H26FN3O3. The molecule has 150 valence electrons. The summed E-state index contributed by atoms with van der Waals surface area (Å²) in [6.07, 6.45) is 4.82. The number of carbonyl (C=O) groups excluding carboxylic acids is 1. The summed E-state index contributed by atoms with van der Waals surface area (Å²) >= 11 is 0. The largest absolute Gasteiger partial charge is 0.477 e. The van der Waals surface area contributed by atoms with Crippen molar-refractivity contribution < 1.29 is 19.1 Å². The number of hydrogen-bond acceptors (Lipinski definition) is 3. The number of aromatic carboxylic acids is 1. The van der Waals surface area contributed by atoms with Gasteiger partial charge in [-0.15, -0.1) is 5.10 Å². The second-order valence-corrected chi connectivity index (χ2v) is 7.83. The quantitative estimate of drug-likeness (QED) is 0.831. The van der Waals surface area contributed by atoms with Crippen LogP contribution in [-0.4, -0.2) is 32.8 Å². The lowest BCUT2D eigenvalue weighted by Crippen LogP contribution is -2.43. The molecule has 0 unspecified atom stereocenters. The van der Waals surface area contributed by atoms with E-state index in [1.807, 2.05) is 13.8 Å². The zero-order valence-corrected chi connectivity index (χ0v) is 16.4. The molecule has 1 N–H and O–H groups in total. The van der Waals surface area contributed by atoms with Crippen LogP contribution in [0.4, 0.5) is 10.2 Å². The third-order valence-corrected chi connectivity index (χ3v) is 5.37. The highest BCUT2D eigenvalue weighted by Crippen LogP contribution is 2.32. The molecule has 1 aliphatic carbocycles. The molecule has 1 heterocycles. The Kier molecular flexibility index (Phi) is 5.82. The number of carboxylic acids is 1. The molecule has 0 spiro atoms. The van der Waals surface area contributed by atoms with Gasteiger partial charge in [-0.05, 0) is 57.6 Å². The average Bonchev–Trinajstić information content (AvgIpc) is 3.07. The molecule has 1 aliphatic rings. The van der Waals surface area contributed by atoms with Crippen LogP contribution in [0.1, 0.15) is 56.8 Å². The minimum Gasteiger partial charge on any atom is -0.477 e. The van der Waals surface area contributed by atoms with Crippen LogP contribution in [0.2, 0.25) is 0 Å². The van der Waals surface area contributed by atoms with Crippen molar-refractivity contribution >= 4 is 17.7 Å². The van der Waals surface area contributed by atoms with Gasteiger partial charge in [0.15, 0.2) is 5.82 Å². The maximum Gasteiger partial charge on any atom is 0.341 e. The predicted molar refractivity (Wildman–Crippen MR) is 104 cm³/mol. The number of benzene rings is 1. The maximum absolute atomic E-state index is 14.2. The summed E-state index contributed by atoms with van der Waals surface area (Å²) in [4.78, 5) is 26.5. The van der Waals surface area contributed by atoms with Gasteiger partial charge in [0, 0.05) is 18.2 Å². The van der Waals surface area contributed by atoms with E-state index in [4.69, 9.17) is 0 Å². The Bertz CT molecular complexity index is 870. The summed E-state index contributed by atoms with van der Waals surface area (Å²) in [6.45, 7) is 5.84. The van der Waals surface area contributed by atoms with Gasteiger partial charge < -0.3 is 5.11 Å². The topological polar surface area (TPSA) is 75.4 Å². The van der Waals surface area contributed by atoms with Crippen LogP contribution in [0.3, 0.4) is 0 Å². The number of hydrogen-bond donors (Lipinski definition) is 1. The Balaban J connectivity index is 2.02. The van der Waals surface area contributed by atoms with Crippen LogP contribution in [0.15, 0.2) is 30.5 Å². The fourth-order valence-electron chi connectivity index (χ4n) is 3.76. The van der Waals surface area contributed by atoms with Crippen LogP contribution in [0, 0.1) is 17.7 Å². The summed E-state index contributed by atoms with van der Waals surface area (Å²) < 4.78 is 15.4. The summed E-state index contributed by atoms with van der Waals surface area (Å²) in [5.41, 5.74) is 0.0216. The van der Waals surface area contributed by atoms with E-state index in [1.165, 1.54) is 27.9 Å². The Morgan fingerprint density at radius 3 is 2.43 bits per heavy atom. The lowest BCUT2D eigenvalue weighted by Gasteiger charge is -2.32. The standard InChI is InChI=1S/C21H26FN3O3/c1-13(2)25(20(26)15-10-8-14(3)9-11-15)19-16(21(27)28)12-24(23-19)18-7-5-4-6-17(18)22/h4-7,12-15H,8-11H2,1-3H3,(H,27,28). The van der Waals surface area contributed by atoms with E-state index in [-0.39, 0.29) is 34.9 Å². The molecule has 2 aromatic rings. The van der Waals surface area contributed by atoms with Crippen LogP contribution >= 0.6 is 0 Å². The van der Waals surface area contributed by atoms with E-state index >= 15 is 0 Å². The van der Waals surface area contributed by atoms with Gasteiger partial charge in [0.1, 0.15) is 17.1 Å². The lowest BCUT2D eigenvalue weighted by molar-refractivity contribution is -0.123. The average molecular weight is 387 g/mol. The molecule has 7 heteroatoms. The molecule has 0 aliphatic heterocycles. The predicted octanol–water partition coefficient (Wildman–Crippen LogP) is 4.28. The monoisotopic (exact) mass is 387 g/mol. The number of rotatable bonds is 5. The molecule has 1 saturated carbocycles.